The maximum absolute atomic E-state index is 5.69. The largest absolute Gasteiger partial charge is 0.330 e. The van der Waals surface area contributed by atoms with Gasteiger partial charge in [0.15, 0.2) is 0 Å². The zero-order valence-electron chi connectivity index (χ0n) is 9.83. The van der Waals surface area contributed by atoms with Crippen molar-refractivity contribution in [3.05, 3.63) is 0 Å². The normalized spacial score (nSPS) is 29.0. The highest BCUT2D eigenvalue weighted by Crippen LogP contribution is 2.15. The minimum Gasteiger partial charge on any atom is -0.330 e. The molecule has 2 rings (SSSR count). The second-order valence-corrected chi connectivity index (χ2v) is 5.09. The molecule has 3 heteroatoms. The highest BCUT2D eigenvalue weighted by Gasteiger charge is 2.20. The lowest BCUT2D eigenvalue weighted by atomic mass is 10.1. The molecule has 0 aromatic rings. The van der Waals surface area contributed by atoms with Gasteiger partial charge in [0.05, 0.1) is 0 Å². The average Bonchev–Trinajstić information content (AvgIpc) is 2.88. The third-order valence-electron chi connectivity index (χ3n) is 3.85. The maximum atomic E-state index is 5.69. The van der Waals surface area contributed by atoms with E-state index in [1.807, 2.05) is 0 Å². The van der Waals surface area contributed by atoms with Crippen LogP contribution in [0.3, 0.4) is 0 Å². The molecule has 0 aliphatic carbocycles. The van der Waals surface area contributed by atoms with E-state index < -0.39 is 0 Å². The Bertz CT molecular complexity index is 178. The van der Waals surface area contributed by atoms with Crippen LogP contribution in [0.1, 0.15) is 25.7 Å². The van der Waals surface area contributed by atoms with Crippen LogP contribution in [-0.2, 0) is 0 Å². The standard InChI is InChI=1S/C12H25N3/c13-10-12-4-9-15(11-12)8-3-7-14-5-1-2-6-14/h12H,1-11,13H2. The van der Waals surface area contributed by atoms with Crippen LogP contribution in [-0.4, -0.2) is 55.6 Å². The lowest BCUT2D eigenvalue weighted by molar-refractivity contribution is 0.275. The topological polar surface area (TPSA) is 32.5 Å². The molecule has 88 valence electrons. The van der Waals surface area contributed by atoms with Gasteiger partial charge in [0, 0.05) is 6.54 Å². The predicted molar refractivity (Wildman–Crippen MR) is 63.9 cm³/mol. The highest BCUT2D eigenvalue weighted by molar-refractivity contribution is 4.76. The van der Waals surface area contributed by atoms with E-state index in [0.29, 0.717) is 0 Å². The Morgan fingerprint density at radius 2 is 1.73 bits per heavy atom. The number of hydrogen-bond donors (Lipinski definition) is 1. The van der Waals surface area contributed by atoms with Crippen LogP contribution in [0.5, 0.6) is 0 Å². The van der Waals surface area contributed by atoms with Gasteiger partial charge in [0.25, 0.3) is 0 Å². The minimum absolute atomic E-state index is 0.775. The van der Waals surface area contributed by atoms with Crippen molar-refractivity contribution in [3.63, 3.8) is 0 Å². The van der Waals surface area contributed by atoms with Gasteiger partial charge in [-0.2, -0.15) is 0 Å². The maximum Gasteiger partial charge on any atom is 0.00222 e. The van der Waals surface area contributed by atoms with E-state index in [1.54, 1.807) is 0 Å². The van der Waals surface area contributed by atoms with Crippen LogP contribution < -0.4 is 5.73 Å². The van der Waals surface area contributed by atoms with Gasteiger partial charge in [-0.1, -0.05) is 0 Å². The summed E-state index contributed by atoms with van der Waals surface area (Å²) < 4.78 is 0. The Kier molecular flexibility index (Phi) is 4.42. The summed E-state index contributed by atoms with van der Waals surface area (Å²) in [6, 6.07) is 0. The summed E-state index contributed by atoms with van der Waals surface area (Å²) in [5.41, 5.74) is 5.69. The number of nitrogens with zero attached hydrogens (tertiary/aromatic N) is 2. The molecule has 1 unspecified atom stereocenters. The summed E-state index contributed by atoms with van der Waals surface area (Å²) in [5, 5.41) is 0. The van der Waals surface area contributed by atoms with Crippen molar-refractivity contribution < 1.29 is 0 Å². The summed E-state index contributed by atoms with van der Waals surface area (Å²) >= 11 is 0. The molecule has 15 heavy (non-hydrogen) atoms. The fourth-order valence-electron chi connectivity index (χ4n) is 2.83. The molecule has 0 aromatic carbocycles. The fourth-order valence-corrected chi connectivity index (χ4v) is 2.83. The summed E-state index contributed by atoms with van der Waals surface area (Å²) in [5.74, 6) is 0.775. The molecule has 2 fully saturated rings. The molecule has 0 spiro atoms. The van der Waals surface area contributed by atoms with Crippen LogP contribution in [0, 0.1) is 5.92 Å². The second kappa shape index (κ2) is 5.83. The Hall–Kier alpha value is -0.120. The monoisotopic (exact) mass is 211 g/mol. The van der Waals surface area contributed by atoms with Crippen molar-refractivity contribution >= 4 is 0 Å². The summed E-state index contributed by atoms with van der Waals surface area (Å²) in [6.45, 7) is 8.68. The summed E-state index contributed by atoms with van der Waals surface area (Å²) in [6.07, 6.45) is 5.50. The van der Waals surface area contributed by atoms with Gasteiger partial charge in [-0.25, -0.2) is 0 Å². The van der Waals surface area contributed by atoms with Crippen molar-refractivity contribution in [3.8, 4) is 0 Å². The van der Waals surface area contributed by atoms with Crippen LogP contribution in [0.15, 0.2) is 0 Å². The smallest absolute Gasteiger partial charge is 0.00222 e. The molecule has 0 aromatic heterocycles. The first-order chi connectivity index (χ1) is 7.38. The number of likely N-dealkylation sites (tertiary alicyclic amines) is 2. The molecule has 0 saturated carbocycles. The van der Waals surface area contributed by atoms with Gasteiger partial charge in [0.2, 0.25) is 0 Å². The van der Waals surface area contributed by atoms with E-state index in [2.05, 4.69) is 9.80 Å². The molecule has 2 heterocycles. The molecule has 0 amide bonds. The van der Waals surface area contributed by atoms with Crippen LogP contribution in [0.4, 0.5) is 0 Å². The van der Waals surface area contributed by atoms with E-state index in [-0.39, 0.29) is 0 Å². The quantitative estimate of drug-likeness (QED) is 0.728. The lowest BCUT2D eigenvalue weighted by Crippen LogP contribution is -2.28. The SMILES string of the molecule is NCC1CCN(CCCN2CCCC2)C1. The third-order valence-corrected chi connectivity index (χ3v) is 3.85. The zero-order chi connectivity index (χ0) is 10.5. The Morgan fingerprint density at radius 1 is 1.00 bits per heavy atom. The zero-order valence-corrected chi connectivity index (χ0v) is 9.83. The van der Waals surface area contributed by atoms with E-state index in [4.69, 9.17) is 5.73 Å². The summed E-state index contributed by atoms with van der Waals surface area (Å²) in [7, 11) is 0. The molecule has 2 saturated heterocycles. The van der Waals surface area contributed by atoms with Gasteiger partial charge < -0.3 is 15.5 Å². The van der Waals surface area contributed by atoms with Gasteiger partial charge >= 0.3 is 0 Å². The Balaban J connectivity index is 1.54. The molecular weight excluding hydrogens is 186 g/mol. The van der Waals surface area contributed by atoms with Crippen LogP contribution in [0.2, 0.25) is 0 Å². The first kappa shape index (κ1) is 11.4. The average molecular weight is 211 g/mol. The number of rotatable bonds is 5. The number of hydrogen-bond acceptors (Lipinski definition) is 3. The molecule has 0 radical (unpaired) electrons. The molecule has 0 bridgehead atoms. The third kappa shape index (κ3) is 3.44. The molecule has 3 nitrogen and oxygen atoms in total. The highest BCUT2D eigenvalue weighted by atomic mass is 15.2. The Morgan fingerprint density at radius 3 is 2.40 bits per heavy atom. The summed E-state index contributed by atoms with van der Waals surface area (Å²) in [4.78, 5) is 5.20. The first-order valence-corrected chi connectivity index (χ1v) is 6.53. The van der Waals surface area contributed by atoms with Crippen molar-refractivity contribution in [1.82, 2.24) is 9.80 Å². The van der Waals surface area contributed by atoms with Crippen molar-refractivity contribution in [1.29, 1.82) is 0 Å². The van der Waals surface area contributed by atoms with Crippen molar-refractivity contribution in [2.45, 2.75) is 25.7 Å². The van der Waals surface area contributed by atoms with Crippen LogP contribution in [0.25, 0.3) is 0 Å². The lowest BCUT2D eigenvalue weighted by Gasteiger charge is -2.19. The predicted octanol–water partition coefficient (Wildman–Crippen LogP) is 0.753. The Labute approximate surface area is 93.6 Å². The van der Waals surface area contributed by atoms with Gasteiger partial charge in [-0.3, -0.25) is 0 Å². The fraction of sp³-hybridized carbons (Fsp3) is 1.00. The second-order valence-electron chi connectivity index (χ2n) is 5.09. The van der Waals surface area contributed by atoms with E-state index in [0.717, 1.165) is 12.5 Å². The van der Waals surface area contributed by atoms with Crippen LogP contribution >= 0.6 is 0 Å². The van der Waals surface area contributed by atoms with E-state index >= 15 is 0 Å². The number of nitrogens with two attached hydrogens (primary N) is 1. The minimum atomic E-state index is 0.775. The van der Waals surface area contributed by atoms with Crippen molar-refractivity contribution in [2.75, 3.05) is 45.8 Å². The molecular formula is C12H25N3. The van der Waals surface area contributed by atoms with Gasteiger partial charge in [-0.15, -0.1) is 0 Å². The molecule has 1 atom stereocenters. The van der Waals surface area contributed by atoms with Crippen molar-refractivity contribution in [2.24, 2.45) is 11.7 Å². The van der Waals surface area contributed by atoms with E-state index in [9.17, 15) is 0 Å². The van der Waals surface area contributed by atoms with Gasteiger partial charge in [-0.05, 0) is 70.9 Å². The molecule has 2 N–H and O–H groups in total. The van der Waals surface area contributed by atoms with E-state index in [1.165, 1.54) is 65.0 Å². The molecule has 2 aliphatic heterocycles. The first-order valence-electron chi connectivity index (χ1n) is 6.53. The molecule has 2 aliphatic rings. The van der Waals surface area contributed by atoms with Gasteiger partial charge in [0.1, 0.15) is 0 Å².